The summed E-state index contributed by atoms with van der Waals surface area (Å²) in [6.07, 6.45) is -1.38. The zero-order valence-corrected chi connectivity index (χ0v) is 15.6. The minimum atomic E-state index is -1.38. The molecule has 0 radical (unpaired) electrons. The van der Waals surface area contributed by atoms with Gasteiger partial charge in [-0.05, 0) is 28.8 Å². The lowest BCUT2D eigenvalue weighted by Crippen LogP contribution is -2.13. The number of hydrogen-bond acceptors (Lipinski definition) is 5. The summed E-state index contributed by atoms with van der Waals surface area (Å²) in [5.41, 5.74) is 2.40. The number of esters is 1. The Balaban J connectivity index is 1.81. The summed E-state index contributed by atoms with van der Waals surface area (Å²) in [5.74, 6) is 0.243. The molecule has 3 aromatic carbocycles. The zero-order valence-electron chi connectivity index (χ0n) is 15.6. The van der Waals surface area contributed by atoms with Crippen LogP contribution < -0.4 is 9.47 Å². The summed E-state index contributed by atoms with van der Waals surface area (Å²) in [7, 11) is 1.23. The molecular formula is C23H22O5. The lowest BCUT2D eigenvalue weighted by molar-refractivity contribution is -0.150. The summed E-state index contributed by atoms with van der Waals surface area (Å²) in [5, 5.41) is 10.1. The molecule has 0 amide bonds. The predicted octanol–water partition coefficient (Wildman–Crippen LogP) is 4.05. The molecule has 0 saturated heterocycles. The third kappa shape index (κ3) is 5.11. The first-order valence-corrected chi connectivity index (χ1v) is 8.90. The van der Waals surface area contributed by atoms with Gasteiger partial charge in [0.1, 0.15) is 13.2 Å². The summed E-state index contributed by atoms with van der Waals surface area (Å²) < 4.78 is 16.4. The van der Waals surface area contributed by atoms with Crippen LogP contribution in [-0.2, 0) is 22.7 Å². The lowest BCUT2D eigenvalue weighted by atomic mass is 10.1. The van der Waals surface area contributed by atoms with Crippen molar-refractivity contribution in [1.29, 1.82) is 0 Å². The van der Waals surface area contributed by atoms with Crippen molar-refractivity contribution in [3.05, 3.63) is 95.6 Å². The first-order valence-electron chi connectivity index (χ1n) is 8.90. The molecule has 5 nitrogen and oxygen atoms in total. The van der Waals surface area contributed by atoms with Crippen molar-refractivity contribution in [2.24, 2.45) is 0 Å². The molecule has 0 saturated carbocycles. The van der Waals surface area contributed by atoms with Crippen LogP contribution in [-0.4, -0.2) is 18.2 Å². The van der Waals surface area contributed by atoms with Crippen molar-refractivity contribution in [3.63, 3.8) is 0 Å². The maximum absolute atomic E-state index is 11.7. The maximum Gasteiger partial charge on any atom is 0.339 e. The van der Waals surface area contributed by atoms with Gasteiger partial charge in [-0.2, -0.15) is 0 Å². The van der Waals surface area contributed by atoms with Gasteiger partial charge >= 0.3 is 5.97 Å². The quantitative estimate of drug-likeness (QED) is 0.599. The Morgan fingerprint density at radius 2 is 1.36 bits per heavy atom. The van der Waals surface area contributed by atoms with Crippen molar-refractivity contribution < 1.29 is 24.1 Å². The molecule has 5 heteroatoms. The predicted molar refractivity (Wildman–Crippen MR) is 105 cm³/mol. The average molecular weight is 378 g/mol. The van der Waals surface area contributed by atoms with Crippen molar-refractivity contribution in [3.8, 4) is 11.5 Å². The number of rotatable bonds is 8. The highest BCUT2D eigenvalue weighted by atomic mass is 16.5. The molecule has 28 heavy (non-hydrogen) atoms. The first kappa shape index (κ1) is 19.5. The monoisotopic (exact) mass is 378 g/mol. The maximum atomic E-state index is 11.7. The number of hydrogen-bond donors (Lipinski definition) is 1. The largest absolute Gasteiger partial charge is 0.485 e. The second-order valence-electron chi connectivity index (χ2n) is 6.18. The highest BCUT2D eigenvalue weighted by Crippen LogP contribution is 2.32. The van der Waals surface area contributed by atoms with Crippen molar-refractivity contribution in [1.82, 2.24) is 0 Å². The van der Waals surface area contributed by atoms with Gasteiger partial charge in [-0.3, -0.25) is 0 Å². The zero-order chi connectivity index (χ0) is 19.8. The highest BCUT2D eigenvalue weighted by molar-refractivity contribution is 5.76. The van der Waals surface area contributed by atoms with E-state index in [2.05, 4.69) is 4.74 Å². The molecule has 0 fully saturated rings. The SMILES string of the molecule is COC(=O)C(O)c1ccc(OCc2ccccc2)c(OCc2ccccc2)c1. The van der Waals surface area contributed by atoms with Crippen LogP contribution in [0.2, 0.25) is 0 Å². The van der Waals surface area contributed by atoms with Gasteiger partial charge < -0.3 is 19.3 Å². The Morgan fingerprint density at radius 3 is 1.89 bits per heavy atom. The van der Waals surface area contributed by atoms with E-state index in [1.165, 1.54) is 7.11 Å². The molecule has 3 aromatic rings. The molecule has 0 bridgehead atoms. The molecule has 1 atom stereocenters. The Morgan fingerprint density at radius 1 is 0.821 bits per heavy atom. The van der Waals surface area contributed by atoms with Gasteiger partial charge in [0.05, 0.1) is 7.11 Å². The molecular weight excluding hydrogens is 356 g/mol. The van der Waals surface area contributed by atoms with Crippen LogP contribution in [0.5, 0.6) is 11.5 Å². The van der Waals surface area contributed by atoms with Gasteiger partial charge in [-0.15, -0.1) is 0 Å². The molecule has 3 rings (SSSR count). The lowest BCUT2D eigenvalue weighted by Gasteiger charge is -2.16. The van der Waals surface area contributed by atoms with E-state index < -0.39 is 12.1 Å². The Kier molecular flexibility index (Phi) is 6.65. The van der Waals surface area contributed by atoms with Crippen LogP contribution in [0.3, 0.4) is 0 Å². The Bertz CT molecular complexity index is 893. The van der Waals surface area contributed by atoms with E-state index in [-0.39, 0.29) is 0 Å². The molecule has 144 valence electrons. The third-order valence-corrected chi connectivity index (χ3v) is 4.18. The van der Waals surface area contributed by atoms with Crippen LogP contribution in [0.4, 0.5) is 0 Å². The van der Waals surface area contributed by atoms with Gasteiger partial charge in [0.25, 0.3) is 0 Å². The van der Waals surface area contributed by atoms with Gasteiger partial charge in [0.15, 0.2) is 17.6 Å². The summed E-state index contributed by atoms with van der Waals surface area (Å²) in [4.78, 5) is 11.7. The van der Waals surface area contributed by atoms with E-state index in [1.807, 2.05) is 60.7 Å². The van der Waals surface area contributed by atoms with Crippen LogP contribution in [0.1, 0.15) is 22.8 Å². The number of carbonyl (C=O) groups is 1. The first-order chi connectivity index (χ1) is 13.7. The third-order valence-electron chi connectivity index (χ3n) is 4.18. The summed E-state index contributed by atoms with van der Waals surface area (Å²) in [6, 6.07) is 24.4. The number of benzene rings is 3. The van der Waals surface area contributed by atoms with Gasteiger partial charge in [0, 0.05) is 0 Å². The van der Waals surface area contributed by atoms with Crippen LogP contribution in [0, 0.1) is 0 Å². The fourth-order valence-corrected chi connectivity index (χ4v) is 2.65. The fraction of sp³-hybridized carbons (Fsp3) is 0.174. The summed E-state index contributed by atoms with van der Waals surface area (Å²) in [6.45, 7) is 0.710. The normalized spacial score (nSPS) is 11.5. The highest BCUT2D eigenvalue weighted by Gasteiger charge is 2.20. The molecule has 0 aliphatic heterocycles. The molecule has 0 aliphatic rings. The minimum Gasteiger partial charge on any atom is -0.485 e. The number of methoxy groups -OCH3 is 1. The second-order valence-corrected chi connectivity index (χ2v) is 6.18. The van der Waals surface area contributed by atoms with E-state index in [0.717, 1.165) is 11.1 Å². The summed E-state index contributed by atoms with van der Waals surface area (Å²) >= 11 is 0. The molecule has 1 N–H and O–H groups in total. The second kappa shape index (κ2) is 9.58. The van der Waals surface area contributed by atoms with E-state index in [0.29, 0.717) is 30.3 Å². The molecule has 0 aliphatic carbocycles. The van der Waals surface area contributed by atoms with E-state index in [9.17, 15) is 9.90 Å². The minimum absolute atomic E-state index is 0.334. The van der Waals surface area contributed by atoms with Gasteiger partial charge in [-0.25, -0.2) is 4.79 Å². The Labute approximate surface area is 164 Å². The van der Waals surface area contributed by atoms with Crippen LogP contribution in [0.15, 0.2) is 78.9 Å². The topological polar surface area (TPSA) is 65.0 Å². The molecule has 0 heterocycles. The number of ether oxygens (including phenoxy) is 3. The van der Waals surface area contributed by atoms with Gasteiger partial charge in [0.2, 0.25) is 0 Å². The van der Waals surface area contributed by atoms with E-state index in [1.54, 1.807) is 18.2 Å². The van der Waals surface area contributed by atoms with Gasteiger partial charge in [-0.1, -0.05) is 66.7 Å². The number of aliphatic hydroxyl groups excluding tert-OH is 1. The van der Waals surface area contributed by atoms with E-state index >= 15 is 0 Å². The standard InChI is InChI=1S/C23H22O5/c1-26-23(25)22(24)19-12-13-20(27-15-17-8-4-2-5-9-17)21(14-19)28-16-18-10-6-3-7-11-18/h2-14,22,24H,15-16H2,1H3. The van der Waals surface area contributed by atoms with Crippen molar-refractivity contribution in [2.75, 3.05) is 7.11 Å². The number of carbonyl (C=O) groups excluding carboxylic acids is 1. The van der Waals surface area contributed by atoms with Crippen LogP contribution in [0.25, 0.3) is 0 Å². The van der Waals surface area contributed by atoms with Crippen molar-refractivity contribution >= 4 is 5.97 Å². The van der Waals surface area contributed by atoms with Crippen LogP contribution >= 0.6 is 0 Å². The van der Waals surface area contributed by atoms with Crippen molar-refractivity contribution in [2.45, 2.75) is 19.3 Å². The van der Waals surface area contributed by atoms with E-state index in [4.69, 9.17) is 9.47 Å². The molecule has 0 aromatic heterocycles. The number of aliphatic hydroxyl groups is 1. The Hall–Kier alpha value is -3.31. The molecule has 1 unspecified atom stereocenters. The average Bonchev–Trinajstić information content (AvgIpc) is 2.76. The smallest absolute Gasteiger partial charge is 0.339 e. The molecule has 0 spiro atoms. The fourth-order valence-electron chi connectivity index (χ4n) is 2.65.